The number of hydrogen-bond acceptors (Lipinski definition) is 5. The summed E-state index contributed by atoms with van der Waals surface area (Å²) in [5.41, 5.74) is 0.0478. The molecule has 1 N–H and O–H groups in total. The van der Waals surface area contributed by atoms with Gasteiger partial charge in [-0.3, -0.25) is 0 Å². The first-order chi connectivity index (χ1) is 11.8. The Labute approximate surface area is 147 Å². The Hall–Kier alpha value is -2.45. The Morgan fingerprint density at radius 1 is 1.12 bits per heavy atom. The molecule has 0 saturated carbocycles. The van der Waals surface area contributed by atoms with Gasteiger partial charge in [-0.1, -0.05) is 11.6 Å². The molecule has 2 aromatic carbocycles. The summed E-state index contributed by atoms with van der Waals surface area (Å²) in [6.45, 7) is 0. The molecule has 0 saturated heterocycles. The van der Waals surface area contributed by atoms with E-state index in [1.54, 1.807) is 0 Å². The monoisotopic (exact) mass is 387 g/mol. The number of benzene rings is 2. The van der Waals surface area contributed by atoms with Gasteiger partial charge in [-0.25, -0.2) is 22.0 Å². The van der Waals surface area contributed by atoms with Crippen LogP contribution >= 0.6 is 11.6 Å². The average molecular weight is 388 g/mol. The lowest BCUT2D eigenvalue weighted by atomic mass is 10.3. The molecule has 0 bridgehead atoms. The summed E-state index contributed by atoms with van der Waals surface area (Å²) >= 11 is 5.72. The van der Waals surface area contributed by atoms with Crippen LogP contribution in [0.25, 0.3) is 0 Å². The van der Waals surface area contributed by atoms with Gasteiger partial charge in [0, 0.05) is 23.0 Å². The van der Waals surface area contributed by atoms with Gasteiger partial charge in [0.1, 0.15) is 0 Å². The number of halogens is 3. The van der Waals surface area contributed by atoms with Crippen LogP contribution in [0.5, 0.6) is 0 Å². The van der Waals surface area contributed by atoms with Crippen LogP contribution in [0.15, 0.2) is 58.5 Å². The van der Waals surface area contributed by atoms with E-state index in [0.717, 1.165) is 25.4 Å². The van der Waals surface area contributed by atoms with E-state index in [0.29, 0.717) is 5.02 Å². The molecule has 25 heavy (non-hydrogen) atoms. The number of methoxy groups -OCH3 is 1. The highest BCUT2D eigenvalue weighted by Crippen LogP contribution is 2.23. The molecule has 0 atom stereocenters. The van der Waals surface area contributed by atoms with Gasteiger partial charge >= 0.3 is 5.97 Å². The van der Waals surface area contributed by atoms with Crippen LogP contribution in [0.2, 0.25) is 5.02 Å². The first kappa shape index (κ1) is 18.9. The molecular formula is C16H12ClF2NO4S. The molecule has 5 nitrogen and oxygen atoms in total. The maximum absolute atomic E-state index is 13.2. The van der Waals surface area contributed by atoms with Crippen molar-refractivity contribution in [3.8, 4) is 0 Å². The van der Waals surface area contributed by atoms with E-state index in [2.05, 4.69) is 10.1 Å². The molecule has 0 aliphatic heterocycles. The zero-order valence-corrected chi connectivity index (χ0v) is 14.4. The molecule has 0 unspecified atom stereocenters. The van der Waals surface area contributed by atoms with E-state index in [4.69, 9.17) is 11.6 Å². The first-order valence-electron chi connectivity index (χ1n) is 6.76. The largest absolute Gasteiger partial charge is 0.465 e. The third-order valence-corrected chi connectivity index (χ3v) is 5.10. The number of esters is 1. The Morgan fingerprint density at radius 3 is 2.32 bits per heavy atom. The van der Waals surface area contributed by atoms with Crippen LogP contribution < -0.4 is 5.32 Å². The predicted molar refractivity (Wildman–Crippen MR) is 88.7 cm³/mol. The smallest absolute Gasteiger partial charge is 0.351 e. The van der Waals surface area contributed by atoms with Crippen molar-refractivity contribution in [2.24, 2.45) is 0 Å². The fourth-order valence-corrected chi connectivity index (χ4v) is 3.21. The maximum Gasteiger partial charge on any atom is 0.351 e. The highest BCUT2D eigenvalue weighted by atomic mass is 35.5. The average Bonchev–Trinajstić information content (AvgIpc) is 2.58. The second-order valence-electron chi connectivity index (χ2n) is 4.73. The number of ether oxygens (including phenoxy) is 1. The van der Waals surface area contributed by atoms with E-state index in [1.165, 1.54) is 30.3 Å². The van der Waals surface area contributed by atoms with Crippen molar-refractivity contribution in [1.82, 2.24) is 0 Å². The van der Waals surface area contributed by atoms with Gasteiger partial charge in [-0.15, -0.1) is 0 Å². The highest BCUT2D eigenvalue weighted by Gasteiger charge is 2.28. The minimum atomic E-state index is -4.22. The Balaban J connectivity index is 2.42. The summed E-state index contributed by atoms with van der Waals surface area (Å²) in [4.78, 5) is 11.0. The van der Waals surface area contributed by atoms with E-state index >= 15 is 0 Å². The molecule has 9 heteroatoms. The first-order valence-corrected chi connectivity index (χ1v) is 8.62. The molecule has 0 aromatic heterocycles. The molecule has 0 spiro atoms. The van der Waals surface area contributed by atoms with Crippen molar-refractivity contribution in [1.29, 1.82) is 0 Å². The van der Waals surface area contributed by atoms with Crippen molar-refractivity contribution >= 4 is 33.1 Å². The number of carbonyl (C=O) groups excluding carboxylic acids is 1. The normalized spacial score (nSPS) is 11.9. The van der Waals surface area contributed by atoms with Crippen LogP contribution in [0.3, 0.4) is 0 Å². The molecule has 0 fully saturated rings. The van der Waals surface area contributed by atoms with Gasteiger partial charge in [-0.2, -0.15) is 0 Å². The summed E-state index contributed by atoms with van der Waals surface area (Å²) < 4.78 is 55.8. The molecule has 0 aliphatic carbocycles. The van der Waals surface area contributed by atoms with Crippen LogP contribution in [0.4, 0.5) is 14.5 Å². The van der Waals surface area contributed by atoms with Crippen molar-refractivity contribution in [2.75, 3.05) is 12.4 Å². The van der Waals surface area contributed by atoms with Crippen molar-refractivity contribution in [3.05, 3.63) is 70.2 Å². The summed E-state index contributed by atoms with van der Waals surface area (Å²) in [5.74, 6) is -3.31. The molecule has 0 aliphatic rings. The minimum absolute atomic E-state index is 0.0478. The van der Waals surface area contributed by atoms with E-state index in [-0.39, 0.29) is 10.6 Å². The lowest BCUT2D eigenvalue weighted by molar-refractivity contribution is -0.135. The standard InChI is InChI=1S/C16H12ClF2NO4S/c1-24-16(21)15(9-20-11-4-7-13(18)14(19)8-11)25(22,23)12-5-2-10(17)3-6-12/h2-9,20H,1H3/b15-9+. The quantitative estimate of drug-likeness (QED) is 0.627. The summed E-state index contributed by atoms with van der Waals surface area (Å²) in [5, 5.41) is 2.76. The van der Waals surface area contributed by atoms with E-state index in [9.17, 15) is 22.0 Å². The lowest BCUT2D eigenvalue weighted by Crippen LogP contribution is -2.17. The van der Waals surface area contributed by atoms with Crippen LogP contribution in [0, 0.1) is 11.6 Å². The van der Waals surface area contributed by atoms with Gasteiger partial charge < -0.3 is 10.1 Å². The van der Waals surface area contributed by atoms with Crippen molar-refractivity contribution < 1.29 is 26.7 Å². The van der Waals surface area contributed by atoms with E-state index < -0.39 is 32.3 Å². The van der Waals surface area contributed by atoms with Gasteiger partial charge in [0.15, 0.2) is 16.5 Å². The van der Waals surface area contributed by atoms with Gasteiger partial charge in [-0.05, 0) is 36.4 Å². The van der Waals surface area contributed by atoms with Crippen molar-refractivity contribution in [2.45, 2.75) is 4.90 Å². The second kappa shape index (κ2) is 7.62. The fraction of sp³-hybridized carbons (Fsp3) is 0.0625. The van der Waals surface area contributed by atoms with Gasteiger partial charge in [0.25, 0.3) is 0 Å². The highest BCUT2D eigenvalue weighted by molar-refractivity contribution is 7.96. The fourth-order valence-electron chi connectivity index (χ4n) is 1.82. The van der Waals surface area contributed by atoms with Crippen LogP contribution in [0.1, 0.15) is 0 Å². The number of rotatable bonds is 5. The molecule has 2 rings (SSSR count). The summed E-state index contributed by atoms with van der Waals surface area (Å²) in [7, 11) is -3.20. The van der Waals surface area contributed by atoms with Crippen molar-refractivity contribution in [3.63, 3.8) is 0 Å². The second-order valence-corrected chi connectivity index (χ2v) is 7.09. The van der Waals surface area contributed by atoms with E-state index in [1.807, 2.05) is 0 Å². The molecule has 132 valence electrons. The third kappa shape index (κ3) is 4.34. The number of sulfone groups is 1. The van der Waals surface area contributed by atoms with Crippen LogP contribution in [-0.4, -0.2) is 21.5 Å². The number of anilines is 1. The number of carbonyl (C=O) groups is 1. The SMILES string of the molecule is COC(=O)/C(=C\Nc1ccc(F)c(F)c1)S(=O)(=O)c1ccc(Cl)cc1. The Bertz CT molecular complexity index is 928. The Morgan fingerprint density at radius 2 is 1.76 bits per heavy atom. The maximum atomic E-state index is 13.2. The van der Waals surface area contributed by atoms with Gasteiger partial charge in [0.05, 0.1) is 12.0 Å². The van der Waals surface area contributed by atoms with Gasteiger partial charge in [0.2, 0.25) is 9.84 Å². The molecule has 2 aromatic rings. The number of hydrogen-bond donors (Lipinski definition) is 1. The molecule has 0 radical (unpaired) electrons. The zero-order valence-electron chi connectivity index (χ0n) is 12.8. The summed E-state index contributed by atoms with van der Waals surface area (Å²) in [6, 6.07) is 8.02. The van der Waals surface area contributed by atoms with Crippen LogP contribution in [-0.2, 0) is 19.4 Å². The predicted octanol–water partition coefficient (Wildman–Crippen LogP) is 3.52. The summed E-state index contributed by atoms with van der Waals surface area (Å²) in [6.07, 6.45) is 0.850. The Kier molecular flexibility index (Phi) is 5.76. The third-order valence-electron chi connectivity index (χ3n) is 3.09. The zero-order chi connectivity index (χ0) is 18.6. The minimum Gasteiger partial charge on any atom is -0.465 e. The molecule has 0 heterocycles. The molecular weight excluding hydrogens is 376 g/mol. The number of nitrogens with one attached hydrogen (secondary N) is 1. The molecule has 0 amide bonds. The lowest BCUT2D eigenvalue weighted by Gasteiger charge is -2.09. The topological polar surface area (TPSA) is 72.5 Å².